The fourth-order valence-corrected chi connectivity index (χ4v) is 3.61. The van der Waals surface area contributed by atoms with Gasteiger partial charge in [-0.25, -0.2) is 0 Å². The van der Waals surface area contributed by atoms with E-state index in [4.69, 9.17) is 24.1 Å². The van der Waals surface area contributed by atoms with Gasteiger partial charge in [-0.1, -0.05) is 0 Å². The Bertz CT molecular complexity index is 983. The fourth-order valence-electron chi connectivity index (χ4n) is 3.61. The highest BCUT2D eigenvalue weighted by Gasteiger charge is 2.44. The number of hydrogen-bond donors (Lipinski definition) is 3. The second-order valence-electron chi connectivity index (χ2n) is 7.85. The number of ether oxygens (including phenoxy) is 4. The molecule has 2 heterocycles. The van der Waals surface area contributed by atoms with Gasteiger partial charge in [-0.15, -0.1) is 0 Å². The second-order valence-corrected chi connectivity index (χ2v) is 7.85. The highest BCUT2D eigenvalue weighted by Crippen LogP contribution is 2.30. The van der Waals surface area contributed by atoms with E-state index >= 15 is 0 Å². The summed E-state index contributed by atoms with van der Waals surface area (Å²) < 4.78 is 21.1. The van der Waals surface area contributed by atoms with Crippen molar-refractivity contribution in [3.63, 3.8) is 0 Å². The zero-order valence-corrected chi connectivity index (χ0v) is 19.7. The van der Waals surface area contributed by atoms with Crippen LogP contribution in [0.3, 0.4) is 0 Å². The predicted octanol–water partition coefficient (Wildman–Crippen LogP) is -1.38. The number of rotatable bonds is 15. The average molecular weight is 507 g/mol. The number of nitrogens with one attached hydrogen (secondary N) is 2. The molecule has 0 aromatic heterocycles. The summed E-state index contributed by atoms with van der Waals surface area (Å²) in [4.78, 5) is 61.9. The molecule has 196 valence electrons. The number of nitrogens with zero attached hydrogens (tertiary/aromatic N) is 1. The van der Waals surface area contributed by atoms with Crippen molar-refractivity contribution in [2.24, 2.45) is 0 Å². The Morgan fingerprint density at radius 2 is 1.64 bits per heavy atom. The number of benzene rings is 1. The van der Waals surface area contributed by atoms with Crippen molar-refractivity contribution in [2.45, 2.75) is 18.9 Å². The van der Waals surface area contributed by atoms with Gasteiger partial charge in [-0.05, 0) is 24.6 Å². The molecule has 1 fully saturated rings. The summed E-state index contributed by atoms with van der Waals surface area (Å²) in [5, 5.41) is 13.3. The van der Waals surface area contributed by atoms with Crippen LogP contribution in [0.2, 0.25) is 0 Å². The third-order valence-electron chi connectivity index (χ3n) is 5.33. The maximum atomic E-state index is 12.8. The first-order valence-electron chi connectivity index (χ1n) is 11.5. The van der Waals surface area contributed by atoms with Gasteiger partial charge in [0.2, 0.25) is 11.8 Å². The highest BCUT2D eigenvalue weighted by atomic mass is 16.5. The number of aliphatic hydroxyl groups is 1. The lowest BCUT2D eigenvalue weighted by atomic mass is 10.0. The van der Waals surface area contributed by atoms with Gasteiger partial charge < -0.3 is 29.4 Å². The molecule has 0 bridgehead atoms. The molecule has 1 aromatic carbocycles. The van der Waals surface area contributed by atoms with Crippen LogP contribution in [0.1, 0.15) is 33.6 Å². The van der Waals surface area contributed by atoms with E-state index in [9.17, 15) is 24.0 Å². The number of carbonyl (C=O) groups is 5. The van der Waals surface area contributed by atoms with Gasteiger partial charge in [0.1, 0.15) is 11.8 Å². The molecule has 1 saturated heterocycles. The summed E-state index contributed by atoms with van der Waals surface area (Å²) in [6.07, 6.45) is 0.102. The minimum atomic E-state index is -1.05. The normalized spacial score (nSPS) is 17.2. The van der Waals surface area contributed by atoms with Crippen molar-refractivity contribution >= 4 is 29.5 Å². The van der Waals surface area contributed by atoms with Crippen LogP contribution in [-0.2, 0) is 28.6 Å². The van der Waals surface area contributed by atoms with Crippen LogP contribution < -0.4 is 15.4 Å². The van der Waals surface area contributed by atoms with Crippen LogP contribution in [0.5, 0.6) is 5.75 Å². The molecule has 0 aliphatic carbocycles. The monoisotopic (exact) mass is 507 g/mol. The van der Waals surface area contributed by atoms with Crippen LogP contribution in [0.4, 0.5) is 0 Å². The number of piperidine rings is 1. The molecular weight excluding hydrogens is 478 g/mol. The molecule has 3 rings (SSSR count). The number of imide groups is 2. The molecule has 1 unspecified atom stereocenters. The molecule has 13 heteroatoms. The van der Waals surface area contributed by atoms with Crippen molar-refractivity contribution in [2.75, 3.05) is 59.4 Å². The zero-order valence-electron chi connectivity index (χ0n) is 19.7. The maximum Gasteiger partial charge on any atom is 0.262 e. The minimum absolute atomic E-state index is 0.0287. The Labute approximate surface area is 207 Å². The summed E-state index contributed by atoms with van der Waals surface area (Å²) >= 11 is 0. The summed E-state index contributed by atoms with van der Waals surface area (Å²) in [7, 11) is 0. The number of amides is 5. The van der Waals surface area contributed by atoms with Crippen molar-refractivity contribution < 1.29 is 48.0 Å². The molecule has 36 heavy (non-hydrogen) atoms. The average Bonchev–Trinajstić information content (AvgIpc) is 3.10. The molecule has 1 atom stereocenters. The van der Waals surface area contributed by atoms with Crippen LogP contribution in [-0.4, -0.2) is 105 Å². The Balaban J connectivity index is 1.36. The van der Waals surface area contributed by atoms with Crippen LogP contribution >= 0.6 is 0 Å². The molecule has 3 N–H and O–H groups in total. The highest BCUT2D eigenvalue weighted by molar-refractivity contribution is 6.23. The van der Waals surface area contributed by atoms with E-state index in [0.717, 1.165) is 4.90 Å². The van der Waals surface area contributed by atoms with Gasteiger partial charge in [-0.3, -0.25) is 34.2 Å². The Kier molecular flexibility index (Phi) is 10.3. The largest absolute Gasteiger partial charge is 0.484 e. The topological polar surface area (TPSA) is 170 Å². The first-order valence-corrected chi connectivity index (χ1v) is 11.5. The zero-order chi connectivity index (χ0) is 25.9. The third kappa shape index (κ3) is 7.31. The van der Waals surface area contributed by atoms with Crippen LogP contribution in [0.25, 0.3) is 0 Å². The number of hydrogen-bond acceptors (Lipinski definition) is 10. The molecular formula is C23H29N3O10. The van der Waals surface area contributed by atoms with Crippen molar-refractivity contribution in [1.82, 2.24) is 15.5 Å². The predicted molar refractivity (Wildman–Crippen MR) is 121 cm³/mol. The first kappa shape index (κ1) is 27.2. The molecule has 5 amide bonds. The lowest BCUT2D eigenvalue weighted by molar-refractivity contribution is -0.136. The molecule has 1 aromatic rings. The standard InChI is InChI=1S/C23H29N3O10/c27-6-8-34-10-12-35-11-9-33-7-5-24-20(29)14-36-15-1-2-16-17(13-15)23(32)26(22(16)31)18-3-4-19(28)25-21(18)30/h1-2,13,18,27H,3-12,14H2,(H,24,29)(H,25,28,30). The molecule has 0 saturated carbocycles. The van der Waals surface area contributed by atoms with E-state index in [1.54, 1.807) is 0 Å². The van der Waals surface area contributed by atoms with E-state index in [1.165, 1.54) is 18.2 Å². The van der Waals surface area contributed by atoms with Crippen molar-refractivity contribution in [1.29, 1.82) is 0 Å². The van der Waals surface area contributed by atoms with Gasteiger partial charge >= 0.3 is 0 Å². The van der Waals surface area contributed by atoms with E-state index in [1.807, 2.05) is 0 Å². The minimum Gasteiger partial charge on any atom is -0.484 e. The fraction of sp³-hybridized carbons (Fsp3) is 0.522. The van der Waals surface area contributed by atoms with E-state index in [2.05, 4.69) is 10.6 Å². The van der Waals surface area contributed by atoms with Crippen LogP contribution in [0.15, 0.2) is 18.2 Å². The lowest BCUT2D eigenvalue weighted by Gasteiger charge is -2.27. The summed E-state index contributed by atoms with van der Waals surface area (Å²) in [5.74, 6) is -2.59. The third-order valence-corrected chi connectivity index (χ3v) is 5.33. The SMILES string of the molecule is O=C(COc1ccc2c(c1)C(=O)N(C1CCC(=O)NC1=O)C2=O)NCCOCCOCCOCCO. The van der Waals surface area contributed by atoms with Gasteiger partial charge in [0.15, 0.2) is 6.61 Å². The lowest BCUT2D eigenvalue weighted by Crippen LogP contribution is -2.54. The van der Waals surface area contributed by atoms with E-state index < -0.39 is 35.6 Å². The number of fused-ring (bicyclic) bond motifs is 1. The van der Waals surface area contributed by atoms with E-state index in [0.29, 0.717) is 26.4 Å². The van der Waals surface area contributed by atoms with Crippen LogP contribution in [0, 0.1) is 0 Å². The summed E-state index contributed by atoms with van der Waals surface area (Å²) in [6, 6.07) is 3.17. The molecule has 13 nitrogen and oxygen atoms in total. The van der Waals surface area contributed by atoms with Gasteiger partial charge in [0, 0.05) is 13.0 Å². The van der Waals surface area contributed by atoms with Crippen molar-refractivity contribution in [3.05, 3.63) is 29.3 Å². The molecule has 2 aliphatic rings. The Morgan fingerprint density at radius 3 is 2.33 bits per heavy atom. The number of carbonyl (C=O) groups excluding carboxylic acids is 5. The molecule has 0 radical (unpaired) electrons. The smallest absolute Gasteiger partial charge is 0.262 e. The quantitative estimate of drug-likeness (QED) is 0.190. The molecule has 0 spiro atoms. The second kappa shape index (κ2) is 13.6. The maximum absolute atomic E-state index is 12.8. The van der Waals surface area contributed by atoms with E-state index in [-0.39, 0.29) is 62.7 Å². The van der Waals surface area contributed by atoms with Crippen molar-refractivity contribution in [3.8, 4) is 5.75 Å². The Hall–Kier alpha value is -3.39. The summed E-state index contributed by atoms with van der Waals surface area (Å²) in [6.45, 7) is 1.99. The summed E-state index contributed by atoms with van der Waals surface area (Å²) in [5.41, 5.74) is 0.193. The Morgan fingerprint density at radius 1 is 0.972 bits per heavy atom. The first-order chi connectivity index (χ1) is 17.4. The number of aliphatic hydroxyl groups excluding tert-OH is 1. The van der Waals surface area contributed by atoms with Gasteiger partial charge in [0.05, 0.1) is 57.4 Å². The molecule has 2 aliphatic heterocycles. The van der Waals surface area contributed by atoms with Gasteiger partial charge in [0.25, 0.3) is 17.7 Å². The van der Waals surface area contributed by atoms with Gasteiger partial charge in [-0.2, -0.15) is 0 Å².